The van der Waals surface area contributed by atoms with Crippen molar-refractivity contribution in [2.75, 3.05) is 0 Å². The molecule has 2 rings (SSSR count). The summed E-state index contributed by atoms with van der Waals surface area (Å²) in [5.41, 5.74) is -0.487. The van der Waals surface area contributed by atoms with Crippen LogP contribution < -0.4 is 0 Å². The van der Waals surface area contributed by atoms with Gasteiger partial charge in [0.05, 0.1) is 0 Å². The van der Waals surface area contributed by atoms with E-state index in [1.165, 1.54) is 0 Å². The van der Waals surface area contributed by atoms with Crippen molar-refractivity contribution in [3.8, 4) is 0 Å². The Morgan fingerprint density at radius 3 is 2.15 bits per heavy atom. The summed E-state index contributed by atoms with van der Waals surface area (Å²) in [6, 6.07) is 0. The fourth-order valence-corrected chi connectivity index (χ4v) is 2.56. The zero-order valence-corrected chi connectivity index (χ0v) is 8.14. The first-order valence-corrected chi connectivity index (χ1v) is 5.27. The molecule has 0 spiro atoms. The molecule has 7 heteroatoms. The molecular weight excluding hydrogens is 304 g/mol. The van der Waals surface area contributed by atoms with E-state index >= 15 is 0 Å². The summed E-state index contributed by atoms with van der Waals surface area (Å²) in [5.74, 6) is -6.43. The van der Waals surface area contributed by atoms with Crippen LogP contribution in [-0.2, 0) is 0 Å². The maximum absolute atomic E-state index is 12.9. The van der Waals surface area contributed by atoms with Gasteiger partial charge in [-0.05, 0) is 0 Å². The molecule has 0 N–H and O–H groups in total. The van der Waals surface area contributed by atoms with Crippen LogP contribution in [0.1, 0.15) is 0 Å². The topological polar surface area (TPSA) is 25.8 Å². The molecule has 0 aliphatic carbocycles. The summed E-state index contributed by atoms with van der Waals surface area (Å²) >= 11 is -1.38. The first-order valence-electron chi connectivity index (χ1n) is 3.07. The maximum atomic E-state index is 12.9. The van der Waals surface area contributed by atoms with Gasteiger partial charge in [-0.1, -0.05) is 0 Å². The van der Waals surface area contributed by atoms with Crippen molar-refractivity contribution in [3.05, 3.63) is 23.3 Å². The summed E-state index contributed by atoms with van der Waals surface area (Å²) in [5, 5.41) is 3.22. The summed E-state index contributed by atoms with van der Waals surface area (Å²) in [7, 11) is 0. The number of halogens is 4. The van der Waals surface area contributed by atoms with Crippen molar-refractivity contribution in [2.24, 2.45) is 0 Å². The zero-order chi connectivity index (χ0) is 9.59. The minimum absolute atomic E-state index is 0.207. The van der Waals surface area contributed by atoms with E-state index < -0.39 is 49.5 Å². The molecule has 0 saturated carbocycles. The monoisotopic (exact) mass is 306 g/mol. The predicted molar refractivity (Wildman–Crippen MR) is 36.3 cm³/mol. The van der Waals surface area contributed by atoms with Crippen LogP contribution in [0.25, 0.3) is 8.92 Å². The molecule has 1 aromatic carbocycles. The van der Waals surface area contributed by atoms with Crippen LogP contribution in [0, 0.1) is 23.3 Å². The first-order chi connectivity index (χ1) is 6.13. The molecule has 1 aromatic heterocycles. The minimum atomic E-state index is -1.83. The molecule has 0 saturated heterocycles. The summed E-state index contributed by atoms with van der Waals surface area (Å²) in [6.07, 6.45) is 0. The third-order valence-electron chi connectivity index (χ3n) is 1.47. The predicted octanol–water partition coefficient (Wildman–Crippen LogP) is 1.24. The van der Waals surface area contributed by atoms with E-state index in [0.717, 1.165) is 0 Å². The molecule has 0 fully saturated rings. The Hall–Kier alpha value is -0.670. The van der Waals surface area contributed by atoms with Gasteiger partial charge in [0, 0.05) is 0 Å². The molecule has 0 aliphatic rings. The molecule has 0 unspecified atom stereocenters. The van der Waals surface area contributed by atoms with Crippen molar-refractivity contribution >= 4 is 29.6 Å². The molecule has 13 heavy (non-hydrogen) atoms. The molecule has 0 amide bonds. The van der Waals surface area contributed by atoms with Crippen molar-refractivity contribution in [1.82, 2.24) is 8.42 Å². The third-order valence-corrected chi connectivity index (χ3v) is 3.52. The van der Waals surface area contributed by atoms with E-state index in [9.17, 15) is 17.6 Å². The van der Waals surface area contributed by atoms with E-state index in [4.69, 9.17) is 0 Å². The van der Waals surface area contributed by atoms with Gasteiger partial charge in [-0.3, -0.25) is 0 Å². The molecule has 0 radical (unpaired) electrons. The van der Waals surface area contributed by atoms with Gasteiger partial charge in [-0.25, -0.2) is 0 Å². The van der Waals surface area contributed by atoms with E-state index in [1.54, 1.807) is 0 Å². The Morgan fingerprint density at radius 1 is 0.846 bits per heavy atom. The van der Waals surface area contributed by atoms with Crippen molar-refractivity contribution < 1.29 is 17.6 Å². The summed E-state index contributed by atoms with van der Waals surface area (Å²) < 4.78 is 54.1. The molecule has 0 atom stereocenters. The summed E-state index contributed by atoms with van der Waals surface area (Å²) in [6.45, 7) is 0. The number of benzene rings is 1. The second kappa shape index (κ2) is 2.92. The van der Waals surface area contributed by atoms with Gasteiger partial charge in [0.15, 0.2) is 0 Å². The van der Waals surface area contributed by atoms with Crippen LogP contribution in [0.4, 0.5) is 17.6 Å². The van der Waals surface area contributed by atoms with Crippen molar-refractivity contribution in [1.29, 1.82) is 0 Å². The zero-order valence-electron chi connectivity index (χ0n) is 5.81. The Labute approximate surface area is 79.2 Å². The van der Waals surface area contributed by atoms with Crippen molar-refractivity contribution in [2.45, 2.75) is 0 Å². The Kier molecular flexibility index (Phi) is 2.00. The second-order valence-electron chi connectivity index (χ2n) is 2.21. The Balaban J connectivity index is 3.02. The molecular formula is C6F4N2Te. The van der Waals surface area contributed by atoms with Gasteiger partial charge in [0.2, 0.25) is 0 Å². The molecule has 0 bridgehead atoms. The number of rotatable bonds is 0. The number of fused-ring (bicyclic) bond motifs is 1. The van der Waals surface area contributed by atoms with Gasteiger partial charge < -0.3 is 0 Å². The van der Waals surface area contributed by atoms with E-state index in [2.05, 4.69) is 8.42 Å². The fourth-order valence-electron chi connectivity index (χ4n) is 0.875. The second-order valence-corrected chi connectivity index (χ2v) is 4.36. The molecule has 68 valence electrons. The van der Waals surface area contributed by atoms with Gasteiger partial charge >= 0.3 is 78.9 Å². The third kappa shape index (κ3) is 1.15. The Bertz CT molecular complexity index is 439. The van der Waals surface area contributed by atoms with Gasteiger partial charge in [0.1, 0.15) is 0 Å². The average Bonchev–Trinajstić information content (AvgIpc) is 2.59. The quantitative estimate of drug-likeness (QED) is 0.317. The molecule has 1 heterocycles. The molecule has 0 aliphatic heterocycles. The average molecular weight is 304 g/mol. The molecule has 2 nitrogen and oxygen atoms in total. The normalized spacial score (nSPS) is 11.1. The standard InChI is InChI=1S/C6F4N2Te/c7-1-2(8)4(10)6-5(3(1)9)11-12-13-6. The van der Waals surface area contributed by atoms with E-state index in [-0.39, 0.29) is 3.40 Å². The van der Waals surface area contributed by atoms with Crippen LogP contribution in [0.15, 0.2) is 0 Å². The van der Waals surface area contributed by atoms with Crippen LogP contribution >= 0.6 is 0 Å². The van der Waals surface area contributed by atoms with Crippen LogP contribution in [-0.4, -0.2) is 29.1 Å². The van der Waals surface area contributed by atoms with Crippen LogP contribution in [0.5, 0.6) is 0 Å². The van der Waals surface area contributed by atoms with Crippen molar-refractivity contribution in [3.63, 3.8) is 0 Å². The number of hydrogen-bond acceptors (Lipinski definition) is 2. The first kappa shape index (κ1) is 8.91. The molecule has 2 aromatic rings. The number of nitrogens with zero attached hydrogens (tertiary/aromatic N) is 2. The van der Waals surface area contributed by atoms with Gasteiger partial charge in [-0.15, -0.1) is 0 Å². The van der Waals surface area contributed by atoms with Crippen LogP contribution in [0.2, 0.25) is 0 Å². The summed E-state index contributed by atoms with van der Waals surface area (Å²) in [4.78, 5) is 0. The van der Waals surface area contributed by atoms with Crippen LogP contribution in [0.3, 0.4) is 0 Å². The van der Waals surface area contributed by atoms with Gasteiger partial charge in [0.25, 0.3) is 0 Å². The SMILES string of the molecule is Fc1c(F)c(F)c2[te]nnc2c1F. The van der Waals surface area contributed by atoms with E-state index in [1.807, 2.05) is 0 Å². The Morgan fingerprint density at radius 2 is 1.46 bits per heavy atom. The van der Waals surface area contributed by atoms with Gasteiger partial charge in [-0.2, -0.15) is 0 Å². The number of hydrogen-bond donors (Lipinski definition) is 0. The number of aromatic nitrogens is 2. The fraction of sp³-hybridized carbons (Fsp3) is 0. The van der Waals surface area contributed by atoms with E-state index in [0.29, 0.717) is 0 Å².